The van der Waals surface area contributed by atoms with Gasteiger partial charge in [0.05, 0.1) is 35.8 Å². The lowest BCUT2D eigenvalue weighted by Crippen LogP contribution is -2.50. The van der Waals surface area contributed by atoms with Gasteiger partial charge < -0.3 is 34.1 Å². The fourth-order valence-electron chi connectivity index (χ4n) is 6.19. The SMILES string of the molecule is COC(=O)C1(O)Cn2c3ccccc3c3c4c(c5c6ccccc6n(c5c32)C1OC)C(O)NC4=O. The molecule has 0 spiro atoms. The Hall–Kier alpha value is -3.92. The summed E-state index contributed by atoms with van der Waals surface area (Å²) in [6, 6.07) is 15.0. The number of nitrogens with zero attached hydrogens (tertiary/aromatic N) is 2. The fraction of sp³-hybridized carbons (Fsp3) is 0.231. The molecule has 0 bridgehead atoms. The summed E-state index contributed by atoms with van der Waals surface area (Å²) in [5, 5.41) is 28.5. The van der Waals surface area contributed by atoms with Gasteiger partial charge in [-0.1, -0.05) is 36.4 Å². The maximum absolute atomic E-state index is 13.2. The number of esters is 1. The molecule has 0 radical (unpaired) electrons. The number of fused-ring (bicyclic) bond motifs is 9. The second kappa shape index (κ2) is 6.60. The van der Waals surface area contributed by atoms with Crippen LogP contribution in [0.3, 0.4) is 0 Å². The average molecular weight is 471 g/mol. The number of ether oxygens (including phenoxy) is 2. The predicted octanol–water partition coefficient (Wildman–Crippen LogP) is 2.70. The van der Waals surface area contributed by atoms with Crippen molar-refractivity contribution in [2.75, 3.05) is 14.2 Å². The standard InChI is InChI=1S/C26H21N3O6/c1-34-24-26(33,25(32)35-2)11-28-14-9-5-3-7-12(14)16-18-19(23(31)27-22(18)30)17-13-8-4-6-10-15(13)29(24)21(17)20(16)28/h3-10,23-24,31,33H,11H2,1-2H3,(H,27,30). The normalized spacial score (nSPS) is 23.4. The van der Waals surface area contributed by atoms with E-state index >= 15 is 0 Å². The van der Waals surface area contributed by atoms with E-state index in [9.17, 15) is 19.8 Å². The lowest BCUT2D eigenvalue weighted by molar-refractivity contribution is -0.190. The largest absolute Gasteiger partial charge is 0.467 e. The summed E-state index contributed by atoms with van der Waals surface area (Å²) in [6.07, 6.45) is -2.34. The van der Waals surface area contributed by atoms with E-state index in [1.807, 2.05) is 53.1 Å². The highest BCUT2D eigenvalue weighted by Crippen LogP contribution is 2.50. The van der Waals surface area contributed by atoms with E-state index < -0.39 is 24.0 Å². The van der Waals surface area contributed by atoms with Crippen molar-refractivity contribution in [3.8, 4) is 0 Å². The number of carbonyl (C=O) groups is 2. The van der Waals surface area contributed by atoms with E-state index in [0.717, 1.165) is 16.3 Å². The van der Waals surface area contributed by atoms with Crippen molar-refractivity contribution >= 4 is 55.5 Å². The van der Waals surface area contributed by atoms with Gasteiger partial charge in [-0.05, 0) is 12.1 Å². The average Bonchev–Trinajstić information content (AvgIpc) is 3.44. The van der Waals surface area contributed by atoms with Crippen LogP contribution in [0, 0.1) is 0 Å². The van der Waals surface area contributed by atoms with Crippen molar-refractivity contribution in [1.82, 2.24) is 14.5 Å². The van der Waals surface area contributed by atoms with Gasteiger partial charge in [-0.25, -0.2) is 4.79 Å². The third kappa shape index (κ3) is 2.23. The molecule has 0 saturated heterocycles. The van der Waals surface area contributed by atoms with Crippen LogP contribution >= 0.6 is 0 Å². The number of hydrogen-bond acceptors (Lipinski definition) is 6. The third-order valence-electron chi connectivity index (χ3n) is 7.47. The molecule has 5 aromatic rings. The first-order valence-corrected chi connectivity index (χ1v) is 11.2. The minimum atomic E-state index is -2.09. The molecule has 4 heterocycles. The van der Waals surface area contributed by atoms with Crippen molar-refractivity contribution in [1.29, 1.82) is 0 Å². The van der Waals surface area contributed by atoms with E-state index in [0.29, 0.717) is 38.4 Å². The van der Waals surface area contributed by atoms with Gasteiger partial charge in [0.25, 0.3) is 5.91 Å². The summed E-state index contributed by atoms with van der Waals surface area (Å²) in [6.45, 7) is -0.156. The van der Waals surface area contributed by atoms with E-state index in [2.05, 4.69) is 5.32 Å². The molecule has 176 valence electrons. The number of aliphatic hydroxyl groups is 2. The van der Waals surface area contributed by atoms with Crippen LogP contribution in [0.5, 0.6) is 0 Å². The number of amides is 1. The van der Waals surface area contributed by atoms with Gasteiger partial charge in [-0.15, -0.1) is 0 Å². The van der Waals surface area contributed by atoms with Crippen LogP contribution < -0.4 is 5.32 Å². The highest BCUT2D eigenvalue weighted by atomic mass is 16.6. The number of hydrogen-bond donors (Lipinski definition) is 3. The summed E-state index contributed by atoms with van der Waals surface area (Å²) in [4.78, 5) is 26.3. The van der Waals surface area contributed by atoms with Crippen molar-refractivity contribution in [3.63, 3.8) is 0 Å². The molecule has 2 aliphatic heterocycles. The first kappa shape index (κ1) is 20.5. The number of benzene rings is 3. The highest BCUT2D eigenvalue weighted by molar-refractivity contribution is 6.31. The van der Waals surface area contributed by atoms with Crippen LogP contribution in [-0.4, -0.2) is 51.0 Å². The molecule has 7 rings (SSSR count). The monoisotopic (exact) mass is 471 g/mol. The summed E-state index contributed by atoms with van der Waals surface area (Å²) in [7, 11) is 2.66. The first-order valence-electron chi connectivity index (χ1n) is 11.2. The minimum absolute atomic E-state index is 0.156. The van der Waals surface area contributed by atoms with Crippen LogP contribution in [0.15, 0.2) is 48.5 Å². The Labute approximate surface area is 198 Å². The number of aliphatic hydroxyl groups excluding tert-OH is 1. The van der Waals surface area contributed by atoms with Gasteiger partial charge in [0.1, 0.15) is 0 Å². The molecule has 1 amide bonds. The minimum Gasteiger partial charge on any atom is -0.467 e. The lowest BCUT2D eigenvalue weighted by Gasteiger charge is -2.33. The van der Waals surface area contributed by atoms with Crippen molar-refractivity contribution in [2.45, 2.75) is 24.6 Å². The van der Waals surface area contributed by atoms with Crippen LogP contribution in [0.1, 0.15) is 28.4 Å². The molecule has 9 heteroatoms. The lowest BCUT2D eigenvalue weighted by atomic mass is 9.96. The molecule has 35 heavy (non-hydrogen) atoms. The van der Waals surface area contributed by atoms with E-state index in [1.54, 1.807) is 4.57 Å². The summed E-state index contributed by atoms with van der Waals surface area (Å²) >= 11 is 0. The third-order valence-corrected chi connectivity index (χ3v) is 7.47. The number of rotatable bonds is 2. The molecular weight excluding hydrogens is 450 g/mol. The Kier molecular flexibility index (Phi) is 3.86. The second-order valence-corrected chi connectivity index (χ2v) is 9.11. The van der Waals surface area contributed by atoms with Gasteiger partial charge in [-0.2, -0.15) is 0 Å². The van der Waals surface area contributed by atoms with E-state index in [-0.39, 0.29) is 12.5 Å². The molecule has 3 unspecified atom stereocenters. The van der Waals surface area contributed by atoms with Crippen LogP contribution in [-0.2, 0) is 20.8 Å². The maximum atomic E-state index is 13.2. The zero-order valence-electron chi connectivity index (χ0n) is 18.9. The van der Waals surface area contributed by atoms with Crippen molar-refractivity contribution < 1.29 is 29.3 Å². The summed E-state index contributed by atoms with van der Waals surface area (Å²) < 4.78 is 14.5. The van der Waals surface area contributed by atoms with Crippen molar-refractivity contribution in [3.05, 3.63) is 59.7 Å². The number of aromatic nitrogens is 2. The van der Waals surface area contributed by atoms with Gasteiger partial charge in [0.2, 0.25) is 5.60 Å². The quantitative estimate of drug-likeness (QED) is 0.341. The second-order valence-electron chi connectivity index (χ2n) is 9.11. The molecule has 9 nitrogen and oxygen atoms in total. The molecule has 3 atom stereocenters. The Morgan fingerprint density at radius 1 is 1.03 bits per heavy atom. The van der Waals surface area contributed by atoms with Gasteiger partial charge in [0, 0.05) is 39.7 Å². The van der Waals surface area contributed by atoms with Gasteiger partial charge in [0.15, 0.2) is 12.5 Å². The van der Waals surface area contributed by atoms with Gasteiger partial charge in [-0.3, -0.25) is 4.79 Å². The molecule has 0 aliphatic carbocycles. The topological polar surface area (TPSA) is 115 Å². The van der Waals surface area contributed by atoms with E-state index in [4.69, 9.17) is 9.47 Å². The number of carbonyl (C=O) groups excluding carboxylic acids is 2. The smallest absolute Gasteiger partial charge is 0.344 e. The number of nitrogens with one attached hydrogen (secondary N) is 1. The van der Waals surface area contributed by atoms with Crippen LogP contribution in [0.2, 0.25) is 0 Å². The van der Waals surface area contributed by atoms with Crippen molar-refractivity contribution in [2.24, 2.45) is 0 Å². The summed E-state index contributed by atoms with van der Waals surface area (Å²) in [5.41, 5.74) is 1.57. The molecule has 2 aromatic heterocycles. The number of para-hydroxylation sites is 2. The highest BCUT2D eigenvalue weighted by Gasteiger charge is 2.51. The molecular formula is C26H21N3O6. The molecule has 3 aromatic carbocycles. The molecule has 2 aliphatic rings. The Bertz CT molecular complexity index is 1770. The Morgan fingerprint density at radius 2 is 1.69 bits per heavy atom. The Morgan fingerprint density at radius 3 is 2.37 bits per heavy atom. The fourth-order valence-corrected chi connectivity index (χ4v) is 6.19. The van der Waals surface area contributed by atoms with Crippen LogP contribution in [0.4, 0.5) is 0 Å². The van der Waals surface area contributed by atoms with Gasteiger partial charge >= 0.3 is 5.97 Å². The molecule has 0 saturated carbocycles. The Balaban J connectivity index is 1.86. The first-order chi connectivity index (χ1) is 16.9. The molecule has 3 N–H and O–H groups in total. The zero-order chi connectivity index (χ0) is 24.2. The maximum Gasteiger partial charge on any atom is 0.344 e. The summed E-state index contributed by atoms with van der Waals surface area (Å²) in [5.74, 6) is -1.20. The predicted molar refractivity (Wildman–Crippen MR) is 128 cm³/mol. The molecule has 0 fully saturated rings. The number of methoxy groups -OCH3 is 2. The van der Waals surface area contributed by atoms with E-state index in [1.165, 1.54) is 14.2 Å². The van der Waals surface area contributed by atoms with Crippen LogP contribution in [0.25, 0.3) is 43.6 Å². The zero-order valence-corrected chi connectivity index (χ0v) is 18.9.